The van der Waals surface area contributed by atoms with Gasteiger partial charge in [0.1, 0.15) is 6.10 Å². The second-order valence-electron chi connectivity index (χ2n) is 8.31. The lowest BCUT2D eigenvalue weighted by Crippen LogP contribution is -2.37. The molecule has 1 N–H and O–H groups in total. The summed E-state index contributed by atoms with van der Waals surface area (Å²) in [4.78, 5) is 37.5. The average molecular weight is 420 g/mol. The lowest BCUT2D eigenvalue weighted by molar-refractivity contribution is -0.167. The number of anilines is 1. The number of hydrogen-bond acceptors (Lipinski definition) is 6. The molecule has 0 unspecified atom stereocenters. The van der Waals surface area contributed by atoms with Crippen molar-refractivity contribution in [2.45, 2.75) is 62.7 Å². The predicted molar refractivity (Wildman–Crippen MR) is 112 cm³/mol. The number of carbonyl (C=O) groups excluding carboxylic acids is 3. The third kappa shape index (κ3) is 5.75. The minimum atomic E-state index is -0.577. The largest absolute Gasteiger partial charge is 0.460 e. The normalized spacial score (nSPS) is 26.4. The fourth-order valence-corrected chi connectivity index (χ4v) is 5.12. The van der Waals surface area contributed by atoms with Crippen LogP contribution in [0.15, 0.2) is 29.2 Å². The SMILES string of the molecule is CC(C)[C@H]1CC[C@@H](C)C[C@@H]1OC(=O)COC(=O)C[C@H]1Sc2ccccc2NC1=O. The van der Waals surface area contributed by atoms with Crippen molar-refractivity contribution in [1.82, 2.24) is 0 Å². The predicted octanol–water partition coefficient (Wildman–Crippen LogP) is 4.04. The molecule has 2 aliphatic rings. The first kappa shape index (κ1) is 21.7. The molecule has 1 aliphatic carbocycles. The number of para-hydroxylation sites is 1. The Morgan fingerprint density at radius 2 is 1.97 bits per heavy atom. The molecule has 6 nitrogen and oxygen atoms in total. The average Bonchev–Trinajstić information content (AvgIpc) is 2.67. The first-order valence-electron chi connectivity index (χ1n) is 10.2. The standard InChI is InChI=1S/C22H29NO5S/c1-13(2)15-9-8-14(3)10-17(15)28-21(25)12-27-20(24)11-19-22(26)23-16-6-4-5-7-18(16)29-19/h4-7,13-15,17,19H,8-12H2,1-3H3,(H,23,26)/t14-,15-,17+,19-/m1/s1. The Kier molecular flexibility index (Phi) is 7.22. The Bertz CT molecular complexity index is 765. The second kappa shape index (κ2) is 9.65. The summed E-state index contributed by atoms with van der Waals surface area (Å²) < 4.78 is 10.7. The van der Waals surface area contributed by atoms with Crippen LogP contribution < -0.4 is 5.32 Å². The number of esters is 2. The van der Waals surface area contributed by atoms with Crippen molar-refractivity contribution in [3.05, 3.63) is 24.3 Å². The molecule has 1 fully saturated rings. The van der Waals surface area contributed by atoms with Gasteiger partial charge in [-0.05, 0) is 42.7 Å². The fourth-order valence-electron chi connectivity index (χ4n) is 4.03. The van der Waals surface area contributed by atoms with Gasteiger partial charge < -0.3 is 14.8 Å². The molecule has 3 rings (SSSR count). The molecule has 0 spiro atoms. The van der Waals surface area contributed by atoms with E-state index in [0.29, 0.717) is 17.8 Å². The molecule has 1 heterocycles. The first-order valence-corrected chi connectivity index (χ1v) is 11.1. The Labute approximate surface area is 176 Å². The van der Waals surface area contributed by atoms with Crippen LogP contribution in [0.4, 0.5) is 5.69 Å². The number of amides is 1. The lowest BCUT2D eigenvalue weighted by atomic mass is 9.75. The van der Waals surface area contributed by atoms with E-state index in [1.807, 2.05) is 24.3 Å². The monoisotopic (exact) mass is 419 g/mol. The summed E-state index contributed by atoms with van der Waals surface area (Å²) in [6.45, 7) is 6.05. The molecule has 4 atom stereocenters. The smallest absolute Gasteiger partial charge is 0.344 e. The zero-order valence-corrected chi connectivity index (χ0v) is 18.0. The van der Waals surface area contributed by atoms with Gasteiger partial charge in [-0.15, -0.1) is 11.8 Å². The van der Waals surface area contributed by atoms with Gasteiger partial charge in [-0.1, -0.05) is 39.3 Å². The summed E-state index contributed by atoms with van der Waals surface area (Å²) in [5, 5.41) is 2.22. The van der Waals surface area contributed by atoms with E-state index in [1.165, 1.54) is 11.8 Å². The number of rotatable bonds is 6. The van der Waals surface area contributed by atoms with Crippen LogP contribution in [0.3, 0.4) is 0 Å². The van der Waals surface area contributed by atoms with Crippen LogP contribution >= 0.6 is 11.8 Å². The summed E-state index contributed by atoms with van der Waals surface area (Å²) >= 11 is 1.33. The van der Waals surface area contributed by atoms with Crippen LogP contribution in [-0.4, -0.2) is 35.8 Å². The fraction of sp³-hybridized carbons (Fsp3) is 0.591. The first-order chi connectivity index (χ1) is 13.8. The number of thioether (sulfide) groups is 1. The number of hydrogen-bond donors (Lipinski definition) is 1. The van der Waals surface area contributed by atoms with Crippen LogP contribution in [0.25, 0.3) is 0 Å². The second-order valence-corrected chi connectivity index (χ2v) is 9.56. The molecule has 1 amide bonds. The number of nitrogens with one attached hydrogen (secondary N) is 1. The van der Waals surface area contributed by atoms with E-state index in [9.17, 15) is 14.4 Å². The van der Waals surface area contributed by atoms with Gasteiger partial charge >= 0.3 is 11.9 Å². The van der Waals surface area contributed by atoms with Gasteiger partial charge in [-0.25, -0.2) is 4.79 Å². The zero-order chi connectivity index (χ0) is 21.0. The van der Waals surface area contributed by atoms with E-state index < -0.39 is 23.8 Å². The number of fused-ring (bicyclic) bond motifs is 1. The van der Waals surface area contributed by atoms with E-state index in [-0.39, 0.29) is 18.4 Å². The quantitative estimate of drug-likeness (QED) is 0.701. The highest BCUT2D eigenvalue weighted by molar-refractivity contribution is 8.01. The summed E-state index contributed by atoms with van der Waals surface area (Å²) in [5.41, 5.74) is 0.747. The molecule has 0 saturated heterocycles. The number of ether oxygens (including phenoxy) is 2. The van der Waals surface area contributed by atoms with Gasteiger partial charge in [0.2, 0.25) is 5.91 Å². The van der Waals surface area contributed by atoms with Crippen molar-refractivity contribution in [3.8, 4) is 0 Å². The van der Waals surface area contributed by atoms with E-state index in [1.54, 1.807) is 0 Å². The molecular formula is C22H29NO5S. The molecule has 1 aromatic carbocycles. The van der Waals surface area contributed by atoms with E-state index in [4.69, 9.17) is 9.47 Å². The number of benzene rings is 1. The maximum atomic E-state index is 12.2. The summed E-state index contributed by atoms with van der Waals surface area (Å²) in [6.07, 6.45) is 2.83. The highest BCUT2D eigenvalue weighted by atomic mass is 32.2. The molecule has 158 valence electrons. The van der Waals surface area contributed by atoms with Crippen LogP contribution in [0.1, 0.15) is 46.5 Å². The third-order valence-corrected chi connectivity index (χ3v) is 6.93. The van der Waals surface area contributed by atoms with Gasteiger partial charge in [0.25, 0.3) is 0 Å². The molecule has 0 aromatic heterocycles. The van der Waals surface area contributed by atoms with Crippen molar-refractivity contribution in [1.29, 1.82) is 0 Å². The van der Waals surface area contributed by atoms with Crippen LogP contribution in [0.5, 0.6) is 0 Å². The minimum Gasteiger partial charge on any atom is -0.460 e. The Hall–Kier alpha value is -2.02. The highest BCUT2D eigenvalue weighted by Crippen LogP contribution is 2.37. The van der Waals surface area contributed by atoms with Gasteiger partial charge in [-0.2, -0.15) is 0 Å². The molecule has 0 bridgehead atoms. The topological polar surface area (TPSA) is 81.7 Å². The van der Waals surface area contributed by atoms with Crippen molar-refractivity contribution < 1.29 is 23.9 Å². The van der Waals surface area contributed by atoms with Gasteiger partial charge in [-0.3, -0.25) is 9.59 Å². The third-order valence-electron chi connectivity index (χ3n) is 5.65. The van der Waals surface area contributed by atoms with E-state index in [0.717, 1.165) is 29.8 Å². The minimum absolute atomic E-state index is 0.0901. The highest BCUT2D eigenvalue weighted by Gasteiger charge is 2.34. The van der Waals surface area contributed by atoms with Crippen molar-refractivity contribution in [3.63, 3.8) is 0 Å². The molecule has 1 aromatic rings. The molecular weight excluding hydrogens is 390 g/mol. The zero-order valence-electron chi connectivity index (χ0n) is 17.2. The summed E-state index contributed by atoms with van der Waals surface area (Å²) in [5.74, 6) is -0.0271. The van der Waals surface area contributed by atoms with Crippen LogP contribution in [-0.2, 0) is 23.9 Å². The Morgan fingerprint density at radius 1 is 1.21 bits per heavy atom. The maximum absolute atomic E-state index is 12.2. The lowest BCUT2D eigenvalue weighted by Gasteiger charge is -2.36. The van der Waals surface area contributed by atoms with Crippen molar-refractivity contribution >= 4 is 35.3 Å². The molecule has 29 heavy (non-hydrogen) atoms. The van der Waals surface area contributed by atoms with E-state index in [2.05, 4.69) is 26.1 Å². The molecule has 7 heteroatoms. The Balaban J connectivity index is 1.46. The summed E-state index contributed by atoms with van der Waals surface area (Å²) in [7, 11) is 0. The van der Waals surface area contributed by atoms with Crippen LogP contribution in [0, 0.1) is 17.8 Å². The molecule has 1 aliphatic heterocycles. The van der Waals surface area contributed by atoms with Crippen molar-refractivity contribution in [2.24, 2.45) is 17.8 Å². The Morgan fingerprint density at radius 3 is 2.72 bits per heavy atom. The van der Waals surface area contributed by atoms with Gasteiger partial charge in [0.15, 0.2) is 6.61 Å². The van der Waals surface area contributed by atoms with Gasteiger partial charge in [0, 0.05) is 4.90 Å². The molecule has 1 saturated carbocycles. The van der Waals surface area contributed by atoms with Crippen molar-refractivity contribution in [2.75, 3.05) is 11.9 Å². The van der Waals surface area contributed by atoms with E-state index >= 15 is 0 Å². The molecule has 0 radical (unpaired) electrons. The van der Waals surface area contributed by atoms with Gasteiger partial charge in [0.05, 0.1) is 17.4 Å². The van der Waals surface area contributed by atoms with Crippen LogP contribution in [0.2, 0.25) is 0 Å². The summed E-state index contributed by atoms with van der Waals surface area (Å²) in [6, 6.07) is 7.44. The maximum Gasteiger partial charge on any atom is 0.344 e. The number of carbonyl (C=O) groups is 3.